The van der Waals surface area contributed by atoms with Gasteiger partial charge in [0, 0.05) is 18.1 Å². The van der Waals surface area contributed by atoms with Gasteiger partial charge in [0.15, 0.2) is 0 Å². The van der Waals surface area contributed by atoms with Crippen molar-refractivity contribution >= 4 is 28.6 Å². The lowest BCUT2D eigenvalue weighted by Gasteiger charge is -2.25. The van der Waals surface area contributed by atoms with Crippen LogP contribution in [0.25, 0.3) is 0 Å². The Bertz CT molecular complexity index is 547. The van der Waals surface area contributed by atoms with Crippen molar-refractivity contribution in [3.63, 3.8) is 0 Å². The molecule has 0 fully saturated rings. The number of ether oxygens (including phenoxy) is 1. The third kappa shape index (κ3) is 6.40. The zero-order valence-electron chi connectivity index (χ0n) is 14.9. The van der Waals surface area contributed by atoms with Crippen molar-refractivity contribution < 1.29 is 14.3 Å². The van der Waals surface area contributed by atoms with E-state index < -0.39 is 12.1 Å². The zero-order chi connectivity index (χ0) is 18.3. The molecule has 0 aliphatic rings. The summed E-state index contributed by atoms with van der Waals surface area (Å²) < 4.78 is 8.79. The second-order valence-electron chi connectivity index (χ2n) is 6.42. The van der Waals surface area contributed by atoms with E-state index in [0.29, 0.717) is 25.3 Å². The van der Waals surface area contributed by atoms with Crippen LogP contribution in [0.5, 0.6) is 6.01 Å². The fourth-order valence-electron chi connectivity index (χ4n) is 2.01. The van der Waals surface area contributed by atoms with Crippen LogP contribution in [0.1, 0.15) is 40.5 Å². The smallest absolute Gasteiger partial charge is 0.330 e. The number of nitrogens with two attached hydrogens (primary N) is 1. The Hall–Kier alpha value is -1.74. The predicted octanol–water partition coefficient (Wildman–Crippen LogP) is 2.33. The summed E-state index contributed by atoms with van der Waals surface area (Å²) in [5.74, 6) is 0.251. The molecule has 0 radical (unpaired) electrons. The lowest BCUT2D eigenvalue weighted by atomic mass is 10.0. The van der Waals surface area contributed by atoms with Gasteiger partial charge in [-0.1, -0.05) is 27.7 Å². The summed E-state index contributed by atoms with van der Waals surface area (Å²) in [6, 6.07) is -1.07. The molecule has 0 aliphatic heterocycles. The van der Waals surface area contributed by atoms with Gasteiger partial charge in [-0.3, -0.25) is 15.0 Å². The number of amides is 3. The van der Waals surface area contributed by atoms with Crippen LogP contribution in [0.15, 0.2) is 0 Å². The van der Waals surface area contributed by atoms with E-state index in [1.165, 1.54) is 12.0 Å². The molecule has 0 unspecified atom stereocenters. The fraction of sp³-hybridized carbons (Fsp3) is 0.733. The summed E-state index contributed by atoms with van der Waals surface area (Å²) in [4.78, 5) is 30.2. The highest BCUT2D eigenvalue weighted by Crippen LogP contribution is 2.17. The van der Waals surface area contributed by atoms with Gasteiger partial charge < -0.3 is 10.5 Å². The van der Waals surface area contributed by atoms with Crippen molar-refractivity contribution in [2.45, 2.75) is 46.6 Å². The second-order valence-corrected chi connectivity index (χ2v) is 7.18. The number of anilines is 1. The van der Waals surface area contributed by atoms with Crippen LogP contribution in [-0.2, 0) is 4.79 Å². The molecule has 1 aromatic rings. The van der Waals surface area contributed by atoms with Gasteiger partial charge in [-0.05, 0) is 24.7 Å². The molecule has 8 nitrogen and oxygen atoms in total. The van der Waals surface area contributed by atoms with E-state index in [1.807, 2.05) is 27.7 Å². The highest BCUT2D eigenvalue weighted by Gasteiger charge is 2.27. The Morgan fingerprint density at radius 2 is 1.96 bits per heavy atom. The molecule has 1 rings (SSSR count). The normalized spacial score (nSPS) is 12.3. The topological polar surface area (TPSA) is 110 Å². The summed E-state index contributed by atoms with van der Waals surface area (Å²) in [5.41, 5.74) is 5.97. The maximum atomic E-state index is 12.6. The number of urea groups is 1. The molecule has 3 amide bonds. The highest BCUT2D eigenvalue weighted by molar-refractivity contribution is 7.10. The molecule has 0 saturated carbocycles. The summed E-state index contributed by atoms with van der Waals surface area (Å²) in [5, 5.41) is 2.86. The van der Waals surface area contributed by atoms with Crippen LogP contribution in [0.3, 0.4) is 0 Å². The summed E-state index contributed by atoms with van der Waals surface area (Å²) in [6.45, 7) is 8.34. The average Bonchev–Trinajstić information content (AvgIpc) is 2.93. The molecule has 1 heterocycles. The first kappa shape index (κ1) is 20.3. The molecule has 0 saturated heterocycles. The molecule has 0 bridgehead atoms. The predicted molar refractivity (Wildman–Crippen MR) is 94.1 cm³/mol. The average molecular weight is 357 g/mol. The Balaban J connectivity index is 2.82. The van der Waals surface area contributed by atoms with Gasteiger partial charge >= 0.3 is 12.0 Å². The lowest BCUT2D eigenvalue weighted by Crippen LogP contribution is -2.49. The molecule has 1 aromatic heterocycles. The van der Waals surface area contributed by atoms with Gasteiger partial charge in [-0.15, -0.1) is 4.37 Å². The number of nitrogens with one attached hydrogen (secondary N) is 1. The van der Waals surface area contributed by atoms with Crippen LogP contribution >= 0.6 is 11.5 Å². The summed E-state index contributed by atoms with van der Waals surface area (Å²) in [6.07, 6.45) is 1.23. The minimum absolute atomic E-state index is 0.173. The molecule has 0 aromatic carbocycles. The summed E-state index contributed by atoms with van der Waals surface area (Å²) >= 11 is 0.988. The lowest BCUT2D eigenvalue weighted by molar-refractivity contribution is -0.129. The number of carbonyl (C=O) groups is 2. The number of hydrogen-bond donors (Lipinski definition) is 2. The van der Waals surface area contributed by atoms with E-state index in [-0.39, 0.29) is 23.0 Å². The van der Waals surface area contributed by atoms with Gasteiger partial charge in [-0.25, -0.2) is 4.79 Å². The third-order valence-corrected chi connectivity index (χ3v) is 3.90. The van der Waals surface area contributed by atoms with Crippen LogP contribution in [0.2, 0.25) is 0 Å². The van der Waals surface area contributed by atoms with Gasteiger partial charge in [0.2, 0.25) is 11.0 Å². The van der Waals surface area contributed by atoms with Gasteiger partial charge in [-0.2, -0.15) is 4.98 Å². The quantitative estimate of drug-likeness (QED) is 0.739. The van der Waals surface area contributed by atoms with Crippen molar-refractivity contribution in [3.8, 4) is 6.01 Å². The molecular formula is C15H27N5O3S. The van der Waals surface area contributed by atoms with E-state index >= 15 is 0 Å². The van der Waals surface area contributed by atoms with Crippen molar-refractivity contribution in [2.75, 3.05) is 19.0 Å². The van der Waals surface area contributed by atoms with E-state index in [1.54, 1.807) is 0 Å². The summed E-state index contributed by atoms with van der Waals surface area (Å²) in [7, 11) is 1.44. The first-order chi connectivity index (χ1) is 11.2. The minimum atomic E-state index is -0.702. The number of rotatable bonds is 8. The van der Waals surface area contributed by atoms with Crippen LogP contribution < -0.4 is 15.8 Å². The Morgan fingerprint density at radius 1 is 1.29 bits per heavy atom. The van der Waals surface area contributed by atoms with Crippen molar-refractivity contribution in [1.82, 2.24) is 14.3 Å². The van der Waals surface area contributed by atoms with Gasteiger partial charge in [0.25, 0.3) is 0 Å². The molecular weight excluding hydrogens is 330 g/mol. The van der Waals surface area contributed by atoms with E-state index in [0.717, 1.165) is 11.5 Å². The van der Waals surface area contributed by atoms with Crippen molar-refractivity contribution in [3.05, 3.63) is 0 Å². The number of carbonyl (C=O) groups excluding carboxylic acids is 2. The number of hydrogen-bond acceptors (Lipinski definition) is 7. The fourth-order valence-corrected chi connectivity index (χ4v) is 2.54. The standard InChI is InChI=1S/C15H27N5O3S/c1-9(2)6-7-20(12(21)11(16)8-10(3)4)15(22)18-14-17-13(23-5)19-24-14/h9-11H,6-8,16H2,1-5H3,(H,17,18,19,22)/t11-/m0/s1. The number of methoxy groups -OCH3 is 1. The number of nitrogens with zero attached hydrogens (tertiary/aromatic N) is 3. The Kier molecular flexibility index (Phi) is 8.06. The van der Waals surface area contributed by atoms with E-state index in [9.17, 15) is 9.59 Å². The van der Waals surface area contributed by atoms with E-state index in [4.69, 9.17) is 10.5 Å². The van der Waals surface area contributed by atoms with Crippen molar-refractivity contribution in [2.24, 2.45) is 17.6 Å². The van der Waals surface area contributed by atoms with Crippen LogP contribution in [0, 0.1) is 11.8 Å². The highest BCUT2D eigenvalue weighted by atomic mass is 32.1. The molecule has 1 atom stereocenters. The zero-order valence-corrected chi connectivity index (χ0v) is 15.7. The molecule has 24 heavy (non-hydrogen) atoms. The maximum absolute atomic E-state index is 12.6. The molecule has 0 spiro atoms. The third-order valence-electron chi connectivity index (χ3n) is 3.29. The van der Waals surface area contributed by atoms with Crippen LogP contribution in [0.4, 0.5) is 9.93 Å². The van der Waals surface area contributed by atoms with Crippen LogP contribution in [-0.4, -0.2) is 45.9 Å². The number of imide groups is 1. The minimum Gasteiger partial charge on any atom is -0.466 e. The van der Waals surface area contributed by atoms with E-state index in [2.05, 4.69) is 14.7 Å². The SMILES string of the molecule is COc1nsc(NC(=O)N(CCC(C)C)C(=O)[C@@H](N)CC(C)C)n1. The molecule has 0 aliphatic carbocycles. The Morgan fingerprint density at radius 3 is 2.46 bits per heavy atom. The van der Waals surface area contributed by atoms with Crippen molar-refractivity contribution in [1.29, 1.82) is 0 Å². The second kappa shape index (κ2) is 9.53. The maximum Gasteiger partial charge on any atom is 0.330 e. The largest absolute Gasteiger partial charge is 0.466 e. The Labute approximate surface area is 146 Å². The molecule has 9 heteroatoms. The van der Waals surface area contributed by atoms with Gasteiger partial charge in [0.1, 0.15) is 0 Å². The first-order valence-corrected chi connectivity index (χ1v) is 8.77. The number of aromatic nitrogens is 2. The molecule has 3 N–H and O–H groups in total. The molecule has 136 valence electrons. The monoisotopic (exact) mass is 357 g/mol. The first-order valence-electron chi connectivity index (χ1n) is 8.00. The van der Waals surface area contributed by atoms with Gasteiger partial charge in [0.05, 0.1) is 13.2 Å².